The normalized spacial score (nSPS) is 12.1. The Morgan fingerprint density at radius 1 is 1.00 bits per heavy atom. The van der Waals surface area contributed by atoms with Crippen LogP contribution in [-0.4, -0.2) is 38.2 Å². The largest absolute Gasteiger partial charge is 0.480 e. The molecule has 0 fully saturated rings. The van der Waals surface area contributed by atoms with E-state index in [0.29, 0.717) is 0 Å². The van der Waals surface area contributed by atoms with Crippen molar-refractivity contribution in [3.63, 3.8) is 0 Å². The Hall–Kier alpha value is -2.91. The zero-order valence-corrected chi connectivity index (χ0v) is 15.9. The third kappa shape index (κ3) is 7.01. The number of amides is 1. The van der Waals surface area contributed by atoms with Gasteiger partial charge in [0.05, 0.1) is 4.90 Å². The molecule has 0 heterocycles. The molecule has 0 saturated heterocycles. The molecular formula is C19H22N2O6S. The highest BCUT2D eigenvalue weighted by atomic mass is 32.2. The van der Waals surface area contributed by atoms with Gasteiger partial charge in [-0.2, -0.15) is 4.72 Å². The van der Waals surface area contributed by atoms with Crippen LogP contribution in [0.5, 0.6) is 0 Å². The van der Waals surface area contributed by atoms with E-state index in [1.165, 1.54) is 12.1 Å². The van der Waals surface area contributed by atoms with Crippen molar-refractivity contribution in [3.8, 4) is 0 Å². The second kappa shape index (κ2) is 10.4. The van der Waals surface area contributed by atoms with Crippen molar-refractivity contribution in [2.24, 2.45) is 0 Å². The van der Waals surface area contributed by atoms with E-state index >= 15 is 0 Å². The second-order valence-corrected chi connectivity index (χ2v) is 7.67. The number of ether oxygens (including phenoxy) is 1. The molecule has 0 spiro atoms. The first-order chi connectivity index (χ1) is 13.4. The second-order valence-electron chi connectivity index (χ2n) is 5.96. The van der Waals surface area contributed by atoms with Crippen molar-refractivity contribution in [3.05, 3.63) is 66.2 Å². The molecule has 0 aliphatic carbocycles. The van der Waals surface area contributed by atoms with Gasteiger partial charge in [-0.1, -0.05) is 48.5 Å². The first kappa shape index (κ1) is 21.4. The lowest BCUT2D eigenvalue weighted by molar-refractivity contribution is -0.139. The Labute approximate surface area is 163 Å². The van der Waals surface area contributed by atoms with E-state index < -0.39 is 28.1 Å². The maximum absolute atomic E-state index is 12.2. The molecule has 9 heteroatoms. The molecule has 2 rings (SSSR count). The highest BCUT2D eigenvalue weighted by molar-refractivity contribution is 7.89. The van der Waals surface area contributed by atoms with Crippen LogP contribution < -0.4 is 10.0 Å². The standard InChI is InChI=1S/C19H22N2O6S/c22-18(23)17(21-28(25,26)16-10-5-2-6-11-16)12-7-13-20-19(24)27-14-15-8-3-1-4-9-15/h1-6,8-11,17,21H,7,12-14H2,(H,20,24)(H,22,23)/t17-/m0/s1. The van der Waals surface area contributed by atoms with Crippen LogP contribution in [0.4, 0.5) is 4.79 Å². The molecule has 3 N–H and O–H groups in total. The quantitative estimate of drug-likeness (QED) is 0.520. The lowest BCUT2D eigenvalue weighted by atomic mass is 10.2. The Balaban J connectivity index is 1.76. The van der Waals surface area contributed by atoms with Gasteiger partial charge in [0.25, 0.3) is 0 Å². The van der Waals surface area contributed by atoms with Crippen molar-refractivity contribution >= 4 is 22.1 Å². The third-order valence-electron chi connectivity index (χ3n) is 3.80. The lowest BCUT2D eigenvalue weighted by Gasteiger charge is -2.15. The summed E-state index contributed by atoms with van der Waals surface area (Å²) in [5, 5.41) is 11.8. The van der Waals surface area contributed by atoms with Gasteiger partial charge in [0.2, 0.25) is 10.0 Å². The average Bonchev–Trinajstić information content (AvgIpc) is 2.70. The van der Waals surface area contributed by atoms with Gasteiger partial charge in [-0.05, 0) is 30.5 Å². The minimum Gasteiger partial charge on any atom is -0.480 e. The fourth-order valence-electron chi connectivity index (χ4n) is 2.36. The summed E-state index contributed by atoms with van der Waals surface area (Å²) in [5.41, 5.74) is 0.846. The van der Waals surface area contributed by atoms with Crippen molar-refractivity contribution in [1.29, 1.82) is 0 Å². The number of carboxylic acid groups (broad SMARTS) is 1. The summed E-state index contributed by atoms with van der Waals surface area (Å²) in [4.78, 5) is 23.0. The summed E-state index contributed by atoms with van der Waals surface area (Å²) in [5.74, 6) is -1.29. The fourth-order valence-corrected chi connectivity index (χ4v) is 3.60. The van der Waals surface area contributed by atoms with Crippen LogP contribution in [0.1, 0.15) is 18.4 Å². The monoisotopic (exact) mass is 406 g/mol. The molecule has 0 unspecified atom stereocenters. The van der Waals surface area contributed by atoms with Crippen molar-refractivity contribution in [2.45, 2.75) is 30.4 Å². The van der Waals surface area contributed by atoms with Crippen molar-refractivity contribution in [1.82, 2.24) is 10.0 Å². The molecule has 0 aliphatic heterocycles. The molecular weight excluding hydrogens is 384 g/mol. The van der Waals surface area contributed by atoms with Crippen LogP contribution in [0.25, 0.3) is 0 Å². The molecule has 0 bridgehead atoms. The predicted molar refractivity (Wildman–Crippen MR) is 102 cm³/mol. The highest BCUT2D eigenvalue weighted by Crippen LogP contribution is 2.10. The van der Waals surface area contributed by atoms with Crippen LogP contribution in [0.3, 0.4) is 0 Å². The SMILES string of the molecule is O=C(NCCC[C@H](NS(=O)(=O)c1ccccc1)C(=O)O)OCc1ccccc1. The summed E-state index contributed by atoms with van der Waals surface area (Å²) < 4.78 is 31.7. The number of aliphatic carboxylic acids is 1. The highest BCUT2D eigenvalue weighted by Gasteiger charge is 2.24. The van der Waals surface area contributed by atoms with Crippen LogP contribution in [0.15, 0.2) is 65.6 Å². The summed E-state index contributed by atoms with van der Waals surface area (Å²) in [6, 6.07) is 15.4. The summed E-state index contributed by atoms with van der Waals surface area (Å²) in [6.45, 7) is 0.283. The smallest absolute Gasteiger partial charge is 0.407 e. The van der Waals surface area contributed by atoms with Gasteiger partial charge < -0.3 is 15.2 Å². The van der Waals surface area contributed by atoms with Gasteiger partial charge >= 0.3 is 12.1 Å². The van der Waals surface area contributed by atoms with Gasteiger partial charge in [0, 0.05) is 6.54 Å². The van der Waals surface area contributed by atoms with Gasteiger partial charge in [-0.3, -0.25) is 4.79 Å². The van der Waals surface area contributed by atoms with E-state index in [1.807, 2.05) is 30.3 Å². The fraction of sp³-hybridized carbons (Fsp3) is 0.263. The molecule has 0 aromatic heterocycles. The van der Waals surface area contributed by atoms with E-state index in [1.54, 1.807) is 18.2 Å². The summed E-state index contributed by atoms with van der Waals surface area (Å²) in [7, 11) is -3.94. The van der Waals surface area contributed by atoms with Crippen LogP contribution in [-0.2, 0) is 26.2 Å². The number of carbonyl (C=O) groups excluding carboxylic acids is 1. The first-order valence-corrected chi connectivity index (χ1v) is 10.1. The van der Waals surface area contributed by atoms with Crippen LogP contribution in [0.2, 0.25) is 0 Å². The number of rotatable bonds is 10. The molecule has 0 saturated carbocycles. The molecule has 0 radical (unpaired) electrons. The Morgan fingerprint density at radius 2 is 1.61 bits per heavy atom. The van der Waals surface area contributed by atoms with Gasteiger partial charge in [-0.25, -0.2) is 13.2 Å². The summed E-state index contributed by atoms with van der Waals surface area (Å²) >= 11 is 0. The maximum Gasteiger partial charge on any atom is 0.407 e. The zero-order valence-electron chi connectivity index (χ0n) is 15.1. The number of carboxylic acids is 1. The van der Waals surface area contributed by atoms with Crippen LogP contribution in [0, 0.1) is 0 Å². The Morgan fingerprint density at radius 3 is 2.21 bits per heavy atom. The summed E-state index contributed by atoms with van der Waals surface area (Å²) in [6.07, 6.45) is -0.352. The molecule has 28 heavy (non-hydrogen) atoms. The molecule has 1 amide bonds. The van der Waals surface area contributed by atoms with Crippen molar-refractivity contribution in [2.75, 3.05) is 6.54 Å². The number of nitrogens with one attached hydrogen (secondary N) is 2. The predicted octanol–water partition coefficient (Wildman–Crippen LogP) is 2.12. The minimum atomic E-state index is -3.94. The van der Waals surface area contributed by atoms with Gasteiger partial charge in [-0.15, -0.1) is 0 Å². The van der Waals surface area contributed by atoms with Crippen LogP contribution >= 0.6 is 0 Å². The van der Waals surface area contributed by atoms with Crippen molar-refractivity contribution < 1.29 is 27.9 Å². The zero-order chi connectivity index (χ0) is 20.4. The molecule has 1 atom stereocenters. The third-order valence-corrected chi connectivity index (χ3v) is 5.29. The van der Waals surface area contributed by atoms with E-state index in [0.717, 1.165) is 5.56 Å². The van der Waals surface area contributed by atoms with E-state index in [4.69, 9.17) is 4.74 Å². The minimum absolute atomic E-state index is 0.0103. The van der Waals surface area contributed by atoms with Gasteiger partial charge in [0.1, 0.15) is 12.6 Å². The number of hydrogen-bond acceptors (Lipinski definition) is 5. The number of carbonyl (C=O) groups is 2. The van der Waals surface area contributed by atoms with E-state index in [2.05, 4.69) is 10.0 Å². The molecule has 2 aromatic rings. The molecule has 2 aromatic carbocycles. The Kier molecular flexibility index (Phi) is 7.97. The lowest BCUT2D eigenvalue weighted by Crippen LogP contribution is -2.41. The molecule has 0 aliphatic rings. The number of alkyl carbamates (subject to hydrolysis) is 1. The Bertz CT molecular complexity index is 872. The number of benzene rings is 2. The average molecular weight is 406 g/mol. The number of hydrogen-bond donors (Lipinski definition) is 3. The maximum atomic E-state index is 12.2. The molecule has 8 nitrogen and oxygen atoms in total. The van der Waals surface area contributed by atoms with E-state index in [-0.39, 0.29) is 30.9 Å². The topological polar surface area (TPSA) is 122 Å². The molecule has 150 valence electrons. The number of sulfonamides is 1. The van der Waals surface area contributed by atoms with Gasteiger partial charge in [0.15, 0.2) is 0 Å². The van der Waals surface area contributed by atoms with E-state index in [9.17, 15) is 23.1 Å². The first-order valence-electron chi connectivity index (χ1n) is 8.63.